The lowest BCUT2D eigenvalue weighted by molar-refractivity contribution is -0.197. The minimum atomic E-state index is 0.0978. The predicted octanol–water partition coefficient (Wildman–Crippen LogP) is 2.31. The molecule has 7 heteroatoms. The fourth-order valence-corrected chi connectivity index (χ4v) is 5.60. The van der Waals surface area contributed by atoms with E-state index >= 15 is 0 Å². The molecule has 120 valence electrons. The van der Waals surface area contributed by atoms with Crippen LogP contribution >= 0.6 is 22.9 Å². The molecule has 0 aromatic carbocycles. The van der Waals surface area contributed by atoms with E-state index in [9.17, 15) is 4.79 Å². The van der Waals surface area contributed by atoms with E-state index in [0.29, 0.717) is 11.1 Å². The van der Waals surface area contributed by atoms with Crippen molar-refractivity contribution in [2.24, 2.45) is 11.3 Å². The van der Waals surface area contributed by atoms with Crippen molar-refractivity contribution in [1.29, 1.82) is 0 Å². The van der Waals surface area contributed by atoms with Gasteiger partial charge in [0.1, 0.15) is 16.3 Å². The summed E-state index contributed by atoms with van der Waals surface area (Å²) < 4.78 is 5.28. The van der Waals surface area contributed by atoms with Gasteiger partial charge in [0, 0.05) is 23.9 Å². The molecule has 1 atom stereocenters. The summed E-state index contributed by atoms with van der Waals surface area (Å²) in [6, 6.07) is 0. The number of amides is 1. The number of rotatable bonds is 1. The molecule has 0 saturated carbocycles. The van der Waals surface area contributed by atoms with Gasteiger partial charge in [-0.05, 0) is 24.8 Å². The van der Waals surface area contributed by atoms with Crippen LogP contribution in [0, 0.1) is 11.3 Å². The number of thiophene rings is 1. The summed E-state index contributed by atoms with van der Waals surface area (Å²) in [7, 11) is 0. The Hall–Kier alpha value is -1.24. The van der Waals surface area contributed by atoms with Crippen molar-refractivity contribution in [3.8, 4) is 0 Å². The number of fused-ring (bicyclic) bond motifs is 3. The molecule has 4 heterocycles. The quantitative estimate of drug-likeness (QED) is 0.741. The fourth-order valence-electron chi connectivity index (χ4n) is 4.03. The van der Waals surface area contributed by atoms with Gasteiger partial charge in [-0.15, -0.1) is 11.3 Å². The van der Waals surface area contributed by atoms with Crippen molar-refractivity contribution >= 4 is 39.1 Å². The van der Waals surface area contributed by atoms with Crippen LogP contribution in [0.1, 0.15) is 16.9 Å². The van der Waals surface area contributed by atoms with Crippen molar-refractivity contribution in [3.63, 3.8) is 0 Å². The van der Waals surface area contributed by atoms with E-state index in [1.807, 2.05) is 4.90 Å². The standard InChI is InChI=1S/C16H16ClN3O2S/c17-13-12-10-2-1-9(3-11(10)23-14(12)19-8-18-13)15(21)20-4-16(5-20)6-22-7-16/h8-9H,1-7H2/t9-/m0/s1. The Morgan fingerprint density at radius 2 is 2.22 bits per heavy atom. The zero-order valence-corrected chi connectivity index (χ0v) is 14.1. The summed E-state index contributed by atoms with van der Waals surface area (Å²) in [5.41, 5.74) is 1.54. The van der Waals surface area contributed by atoms with Crippen LogP contribution in [0.5, 0.6) is 0 Å². The summed E-state index contributed by atoms with van der Waals surface area (Å²) in [4.78, 5) is 25.4. The largest absolute Gasteiger partial charge is 0.380 e. The first-order chi connectivity index (χ1) is 11.2. The van der Waals surface area contributed by atoms with Crippen LogP contribution in [0.15, 0.2) is 6.33 Å². The van der Waals surface area contributed by atoms with Crippen LogP contribution in [0.3, 0.4) is 0 Å². The topological polar surface area (TPSA) is 55.3 Å². The molecule has 0 bridgehead atoms. The Labute approximate surface area is 142 Å². The maximum Gasteiger partial charge on any atom is 0.226 e. The van der Waals surface area contributed by atoms with Crippen molar-refractivity contribution in [2.45, 2.75) is 19.3 Å². The monoisotopic (exact) mass is 349 g/mol. The Bertz CT molecular complexity index is 809. The first kappa shape index (κ1) is 14.1. The molecule has 2 aliphatic heterocycles. The Morgan fingerprint density at radius 1 is 1.39 bits per heavy atom. The van der Waals surface area contributed by atoms with E-state index in [2.05, 4.69) is 9.97 Å². The lowest BCUT2D eigenvalue weighted by atomic mass is 9.76. The summed E-state index contributed by atoms with van der Waals surface area (Å²) in [5.74, 6) is 0.406. The van der Waals surface area contributed by atoms with E-state index < -0.39 is 0 Å². The summed E-state index contributed by atoms with van der Waals surface area (Å²) in [6.45, 7) is 3.38. The molecule has 2 aromatic heterocycles. The summed E-state index contributed by atoms with van der Waals surface area (Å²) >= 11 is 7.90. The number of carbonyl (C=O) groups is 1. The van der Waals surface area contributed by atoms with E-state index in [-0.39, 0.29) is 11.3 Å². The molecule has 0 N–H and O–H groups in total. The average molecular weight is 350 g/mol. The van der Waals surface area contributed by atoms with Gasteiger partial charge in [0.2, 0.25) is 5.91 Å². The molecule has 1 spiro atoms. The van der Waals surface area contributed by atoms with Gasteiger partial charge < -0.3 is 9.64 Å². The Kier molecular flexibility index (Phi) is 3.00. The smallest absolute Gasteiger partial charge is 0.226 e. The highest BCUT2D eigenvalue weighted by Gasteiger charge is 2.51. The highest BCUT2D eigenvalue weighted by Crippen LogP contribution is 2.42. The third-order valence-electron chi connectivity index (χ3n) is 5.33. The Morgan fingerprint density at radius 3 is 2.96 bits per heavy atom. The van der Waals surface area contributed by atoms with E-state index in [0.717, 1.165) is 55.8 Å². The number of halogens is 1. The SMILES string of the molecule is O=C([C@H]1CCc2c(sc3ncnc(Cl)c23)C1)N1CC2(COC2)C1. The van der Waals surface area contributed by atoms with Gasteiger partial charge in [-0.2, -0.15) is 0 Å². The number of likely N-dealkylation sites (tertiary alicyclic amines) is 1. The molecule has 5 rings (SSSR count). The van der Waals surface area contributed by atoms with Gasteiger partial charge in [-0.25, -0.2) is 9.97 Å². The second-order valence-corrected chi connectivity index (χ2v) is 8.42. The second kappa shape index (κ2) is 4.88. The Balaban J connectivity index is 1.37. The molecule has 0 unspecified atom stereocenters. The first-order valence-corrected chi connectivity index (χ1v) is 9.12. The zero-order chi connectivity index (χ0) is 15.6. The number of aryl methyl sites for hydroxylation is 1. The predicted molar refractivity (Wildman–Crippen MR) is 87.8 cm³/mol. The van der Waals surface area contributed by atoms with Gasteiger partial charge in [-0.3, -0.25) is 4.79 Å². The maximum atomic E-state index is 12.7. The molecule has 5 nitrogen and oxygen atoms in total. The molecule has 2 saturated heterocycles. The molecule has 0 radical (unpaired) electrons. The molecule has 1 amide bonds. The third kappa shape index (κ3) is 2.05. The van der Waals surface area contributed by atoms with Gasteiger partial charge in [0.15, 0.2) is 0 Å². The van der Waals surface area contributed by atoms with Gasteiger partial charge >= 0.3 is 0 Å². The van der Waals surface area contributed by atoms with Crippen LogP contribution in [-0.2, 0) is 22.4 Å². The number of nitrogens with zero attached hydrogens (tertiary/aromatic N) is 3. The van der Waals surface area contributed by atoms with Crippen LogP contribution in [0.4, 0.5) is 0 Å². The number of hydrogen-bond acceptors (Lipinski definition) is 5. The molecule has 2 fully saturated rings. The molecule has 3 aliphatic rings. The maximum absolute atomic E-state index is 12.7. The zero-order valence-electron chi connectivity index (χ0n) is 12.5. The van der Waals surface area contributed by atoms with Crippen LogP contribution in [-0.4, -0.2) is 47.1 Å². The molecule has 1 aliphatic carbocycles. The number of carbonyl (C=O) groups excluding carboxylic acids is 1. The van der Waals surface area contributed by atoms with Crippen LogP contribution < -0.4 is 0 Å². The summed E-state index contributed by atoms with van der Waals surface area (Å²) in [6.07, 6.45) is 4.10. The molecular weight excluding hydrogens is 334 g/mol. The van der Waals surface area contributed by atoms with Crippen LogP contribution in [0.25, 0.3) is 10.2 Å². The fraction of sp³-hybridized carbons (Fsp3) is 0.562. The average Bonchev–Trinajstić information content (AvgIpc) is 2.82. The normalized spacial score (nSPS) is 25.1. The van der Waals surface area contributed by atoms with Crippen molar-refractivity contribution < 1.29 is 9.53 Å². The van der Waals surface area contributed by atoms with Crippen molar-refractivity contribution in [3.05, 3.63) is 21.9 Å². The second-order valence-electron chi connectivity index (χ2n) is 6.98. The third-order valence-corrected chi connectivity index (χ3v) is 6.78. The number of aromatic nitrogens is 2. The molecule has 2 aromatic rings. The molecular formula is C16H16ClN3O2S. The van der Waals surface area contributed by atoms with E-state index in [1.165, 1.54) is 16.8 Å². The van der Waals surface area contributed by atoms with Crippen LogP contribution in [0.2, 0.25) is 5.15 Å². The van der Waals surface area contributed by atoms with Gasteiger partial charge in [-0.1, -0.05) is 11.6 Å². The highest BCUT2D eigenvalue weighted by atomic mass is 35.5. The van der Waals surface area contributed by atoms with Gasteiger partial charge in [0.05, 0.1) is 24.0 Å². The number of hydrogen-bond donors (Lipinski definition) is 0. The van der Waals surface area contributed by atoms with Gasteiger partial charge in [0.25, 0.3) is 0 Å². The minimum Gasteiger partial charge on any atom is -0.380 e. The first-order valence-electron chi connectivity index (χ1n) is 7.92. The lowest BCUT2D eigenvalue weighted by Gasteiger charge is -2.55. The van der Waals surface area contributed by atoms with E-state index in [1.54, 1.807) is 11.3 Å². The van der Waals surface area contributed by atoms with E-state index in [4.69, 9.17) is 16.3 Å². The number of ether oxygens (including phenoxy) is 1. The van der Waals surface area contributed by atoms with Crippen molar-refractivity contribution in [1.82, 2.24) is 14.9 Å². The molecule has 23 heavy (non-hydrogen) atoms. The minimum absolute atomic E-state index is 0.0978. The lowest BCUT2D eigenvalue weighted by Crippen LogP contribution is -2.68. The highest BCUT2D eigenvalue weighted by molar-refractivity contribution is 7.19. The summed E-state index contributed by atoms with van der Waals surface area (Å²) in [5, 5.41) is 1.53. The van der Waals surface area contributed by atoms with Crippen molar-refractivity contribution in [2.75, 3.05) is 26.3 Å².